The molecule has 4 aliphatic rings. The second-order valence-corrected chi connectivity index (χ2v) is 8.98. The lowest BCUT2D eigenvalue weighted by molar-refractivity contribution is -0.198. The summed E-state index contributed by atoms with van der Waals surface area (Å²) in [6.45, 7) is 6.92. The third-order valence-corrected chi connectivity index (χ3v) is 6.92. The van der Waals surface area contributed by atoms with E-state index in [4.69, 9.17) is 9.47 Å². The van der Waals surface area contributed by atoms with Crippen molar-refractivity contribution in [2.24, 2.45) is 17.8 Å². The van der Waals surface area contributed by atoms with Crippen LogP contribution < -0.4 is 0 Å². The molecule has 4 rings (SSSR count). The number of carbonyl (C=O) groups is 1. The van der Waals surface area contributed by atoms with E-state index in [1.807, 2.05) is 0 Å². The summed E-state index contributed by atoms with van der Waals surface area (Å²) in [5.41, 5.74) is 0. The van der Waals surface area contributed by atoms with E-state index in [1.165, 1.54) is 44.9 Å². The average Bonchev–Trinajstić information content (AvgIpc) is 3.22. The van der Waals surface area contributed by atoms with Gasteiger partial charge in [-0.15, -0.1) is 0 Å². The lowest BCUT2D eigenvalue weighted by Crippen LogP contribution is -2.41. The number of morpholine rings is 1. The van der Waals surface area contributed by atoms with E-state index < -0.39 is 0 Å². The number of fused-ring (bicyclic) bond motifs is 1. The summed E-state index contributed by atoms with van der Waals surface area (Å²) >= 11 is 0. The number of esters is 1. The maximum Gasteiger partial charge on any atom is 0.327 e. The van der Waals surface area contributed by atoms with Crippen LogP contribution in [0.15, 0.2) is 0 Å². The molecular weight excluding hydrogens is 302 g/mol. The van der Waals surface area contributed by atoms with Crippen LogP contribution in [0, 0.1) is 17.8 Å². The van der Waals surface area contributed by atoms with E-state index in [1.54, 1.807) is 0 Å². The zero-order chi connectivity index (χ0) is 16.8. The first-order chi connectivity index (χ1) is 11.6. The summed E-state index contributed by atoms with van der Waals surface area (Å²) in [7, 11) is 0. The average molecular weight is 335 g/mol. The molecule has 4 nitrogen and oxygen atoms in total. The highest BCUT2D eigenvalue weighted by Crippen LogP contribution is 2.47. The molecule has 2 aliphatic heterocycles. The normalized spacial score (nSPS) is 46.0. The van der Waals surface area contributed by atoms with E-state index in [0.29, 0.717) is 23.8 Å². The number of nitrogens with zero attached hydrogens (tertiary/aromatic N) is 1. The summed E-state index contributed by atoms with van der Waals surface area (Å²) in [5.74, 6) is 1.90. The Balaban J connectivity index is 1.41. The van der Waals surface area contributed by atoms with Crippen LogP contribution in [-0.2, 0) is 14.3 Å². The number of carbonyl (C=O) groups excluding carboxylic acids is 1. The smallest absolute Gasteiger partial charge is 0.327 e. The van der Waals surface area contributed by atoms with Crippen molar-refractivity contribution in [1.82, 2.24) is 4.90 Å². The third kappa shape index (κ3) is 3.01. The lowest BCUT2D eigenvalue weighted by Gasteiger charge is -2.38. The molecule has 1 unspecified atom stereocenters. The fourth-order valence-electron chi connectivity index (χ4n) is 5.47. The molecule has 0 amide bonds. The Morgan fingerprint density at radius 1 is 1.12 bits per heavy atom. The maximum atomic E-state index is 12.3. The Hall–Kier alpha value is -0.610. The molecule has 24 heavy (non-hydrogen) atoms. The van der Waals surface area contributed by atoms with Crippen molar-refractivity contribution in [3.63, 3.8) is 0 Å². The van der Waals surface area contributed by atoms with Crippen molar-refractivity contribution >= 4 is 5.97 Å². The molecule has 0 aromatic heterocycles. The van der Waals surface area contributed by atoms with Crippen LogP contribution in [0.2, 0.25) is 0 Å². The Kier molecular flexibility index (Phi) is 4.63. The van der Waals surface area contributed by atoms with Gasteiger partial charge >= 0.3 is 5.97 Å². The number of rotatable bonds is 4. The first-order valence-corrected chi connectivity index (χ1v) is 10.2. The topological polar surface area (TPSA) is 38.5 Å². The van der Waals surface area contributed by atoms with E-state index in [2.05, 4.69) is 25.7 Å². The predicted octanol–water partition coefficient (Wildman–Crippen LogP) is 3.73. The minimum absolute atomic E-state index is 0.00314. The monoisotopic (exact) mass is 335 g/mol. The molecule has 0 N–H and O–H groups in total. The van der Waals surface area contributed by atoms with E-state index >= 15 is 0 Å². The van der Waals surface area contributed by atoms with Gasteiger partial charge in [0.2, 0.25) is 6.29 Å². The van der Waals surface area contributed by atoms with Crippen LogP contribution in [0.4, 0.5) is 0 Å². The fraction of sp³-hybridized carbons (Fsp3) is 0.950. The van der Waals surface area contributed by atoms with Gasteiger partial charge in [-0.1, -0.05) is 46.5 Å². The van der Waals surface area contributed by atoms with E-state index in [9.17, 15) is 4.79 Å². The predicted molar refractivity (Wildman–Crippen MR) is 92.4 cm³/mol. The zero-order valence-electron chi connectivity index (χ0n) is 15.4. The summed E-state index contributed by atoms with van der Waals surface area (Å²) in [4.78, 5) is 14.7. The van der Waals surface area contributed by atoms with Crippen molar-refractivity contribution in [2.75, 3.05) is 0 Å². The van der Waals surface area contributed by atoms with Crippen molar-refractivity contribution in [3.8, 4) is 0 Å². The molecule has 136 valence electrons. The van der Waals surface area contributed by atoms with Gasteiger partial charge in [-0.2, -0.15) is 0 Å². The first kappa shape index (κ1) is 16.8. The second-order valence-electron chi connectivity index (χ2n) is 8.98. The molecule has 7 atom stereocenters. The van der Waals surface area contributed by atoms with Gasteiger partial charge in [-0.25, -0.2) is 0 Å². The van der Waals surface area contributed by atoms with E-state index in [-0.39, 0.29) is 30.4 Å². The molecule has 4 fully saturated rings. The Morgan fingerprint density at radius 3 is 2.58 bits per heavy atom. The van der Waals surface area contributed by atoms with Crippen LogP contribution >= 0.6 is 0 Å². The summed E-state index contributed by atoms with van der Waals surface area (Å²) < 4.78 is 12.1. The van der Waals surface area contributed by atoms with Crippen LogP contribution in [0.5, 0.6) is 0 Å². The molecule has 0 spiro atoms. The van der Waals surface area contributed by atoms with Gasteiger partial charge in [0.1, 0.15) is 12.1 Å². The molecular formula is C20H33NO3. The Bertz CT molecular complexity index is 474. The molecule has 0 aromatic rings. The lowest BCUT2D eigenvalue weighted by atomic mass is 9.75. The quantitative estimate of drug-likeness (QED) is 0.579. The summed E-state index contributed by atoms with van der Waals surface area (Å²) in [6, 6.07) is 0.779. The van der Waals surface area contributed by atoms with Crippen LogP contribution in [-0.4, -0.2) is 41.4 Å². The van der Waals surface area contributed by atoms with Crippen molar-refractivity contribution in [2.45, 2.75) is 103 Å². The molecule has 2 heterocycles. The minimum Gasteiger partial charge on any atom is -0.433 e. The third-order valence-electron chi connectivity index (χ3n) is 6.92. The molecule has 0 bridgehead atoms. The van der Waals surface area contributed by atoms with Gasteiger partial charge in [0, 0.05) is 6.04 Å². The fourth-order valence-corrected chi connectivity index (χ4v) is 5.47. The van der Waals surface area contributed by atoms with Gasteiger partial charge in [-0.05, 0) is 43.4 Å². The van der Waals surface area contributed by atoms with Crippen molar-refractivity contribution in [3.05, 3.63) is 0 Å². The van der Waals surface area contributed by atoms with Gasteiger partial charge < -0.3 is 9.47 Å². The van der Waals surface area contributed by atoms with Gasteiger partial charge in [0.05, 0.1) is 6.10 Å². The molecule has 0 radical (unpaired) electrons. The van der Waals surface area contributed by atoms with Crippen LogP contribution in [0.1, 0.15) is 72.1 Å². The minimum atomic E-state index is -0.319. The maximum absolute atomic E-state index is 12.3. The van der Waals surface area contributed by atoms with Crippen molar-refractivity contribution < 1.29 is 14.3 Å². The second kappa shape index (κ2) is 6.60. The molecule has 0 aromatic carbocycles. The number of hydrogen-bond donors (Lipinski definition) is 0. The Morgan fingerprint density at radius 2 is 1.88 bits per heavy atom. The molecule has 2 saturated carbocycles. The highest BCUT2D eigenvalue weighted by atomic mass is 16.7. The highest BCUT2D eigenvalue weighted by molar-refractivity contribution is 5.83. The van der Waals surface area contributed by atoms with Crippen LogP contribution in [0.25, 0.3) is 0 Å². The zero-order valence-corrected chi connectivity index (χ0v) is 15.4. The first-order valence-electron chi connectivity index (χ1n) is 10.2. The van der Waals surface area contributed by atoms with Crippen LogP contribution in [0.3, 0.4) is 0 Å². The number of cyclic esters (lactones) is 1. The highest BCUT2D eigenvalue weighted by Gasteiger charge is 2.67. The summed E-state index contributed by atoms with van der Waals surface area (Å²) in [6.07, 6.45) is 10.0. The SMILES string of the molecule is CC(C)[C@@H]1CC[C@@H](C)C[C@H]1O[C@@H]1OC(=O)[C@@H]2[C@H]1N2C1CCCCC1. The Labute approximate surface area is 146 Å². The molecule has 4 heteroatoms. The van der Waals surface area contributed by atoms with Crippen molar-refractivity contribution in [1.29, 1.82) is 0 Å². The van der Waals surface area contributed by atoms with Gasteiger partial charge in [-0.3, -0.25) is 9.69 Å². The largest absolute Gasteiger partial charge is 0.433 e. The number of ether oxygens (including phenoxy) is 2. The van der Waals surface area contributed by atoms with Gasteiger partial charge in [0.15, 0.2) is 0 Å². The standard InChI is InChI=1S/C20H33NO3/c1-12(2)15-10-9-13(3)11-16(15)23-20-18-17(19(22)24-20)21(18)14-7-5-4-6-8-14/h12-18,20H,4-11H2,1-3H3/t13-,15+,16-,17+,18-,20-,21?/m1/s1. The molecule has 2 saturated heterocycles. The molecule has 2 aliphatic carbocycles. The van der Waals surface area contributed by atoms with E-state index in [0.717, 1.165) is 6.42 Å². The number of hydrogen-bond acceptors (Lipinski definition) is 4. The van der Waals surface area contributed by atoms with Gasteiger partial charge in [0.25, 0.3) is 0 Å². The summed E-state index contributed by atoms with van der Waals surface area (Å²) in [5, 5.41) is 0.